The van der Waals surface area contributed by atoms with Gasteiger partial charge in [0.05, 0.1) is 0 Å². The molecule has 126 valence electrons. The van der Waals surface area contributed by atoms with Crippen molar-refractivity contribution in [2.75, 3.05) is 31.5 Å². The Morgan fingerprint density at radius 3 is 2.58 bits per heavy atom. The first-order valence-corrected chi connectivity index (χ1v) is 8.91. The molecule has 2 aromatic rings. The smallest absolute Gasteiger partial charge is 0.254 e. The van der Waals surface area contributed by atoms with Gasteiger partial charge in [0.15, 0.2) is 0 Å². The minimum atomic E-state index is -0.137. The Labute approximate surface area is 145 Å². The molecule has 1 aliphatic heterocycles. The van der Waals surface area contributed by atoms with Gasteiger partial charge < -0.3 is 10.2 Å². The number of nitrogens with zero attached hydrogens (tertiary/aromatic N) is 2. The first-order chi connectivity index (χ1) is 11.6. The number of amides is 2. The Morgan fingerprint density at radius 1 is 1.12 bits per heavy atom. The summed E-state index contributed by atoms with van der Waals surface area (Å²) in [6.07, 6.45) is 0. The number of benzene rings is 1. The number of piperazine rings is 1. The Balaban J connectivity index is 1.57. The summed E-state index contributed by atoms with van der Waals surface area (Å²) in [5, 5.41) is 4.81. The Kier molecular flexibility index (Phi) is 5.27. The van der Waals surface area contributed by atoms with Crippen LogP contribution in [0, 0.1) is 0 Å². The summed E-state index contributed by atoms with van der Waals surface area (Å²) in [6, 6.07) is 11.3. The first kappa shape index (κ1) is 16.7. The largest absolute Gasteiger partial charge is 0.336 e. The molecule has 1 aromatic carbocycles. The van der Waals surface area contributed by atoms with E-state index in [4.69, 9.17) is 0 Å². The van der Waals surface area contributed by atoms with Gasteiger partial charge in [0.1, 0.15) is 0 Å². The maximum atomic E-state index is 12.7. The molecule has 5 nitrogen and oxygen atoms in total. The third kappa shape index (κ3) is 4.21. The fourth-order valence-corrected chi connectivity index (χ4v) is 3.59. The van der Waals surface area contributed by atoms with E-state index in [-0.39, 0.29) is 11.8 Å². The second kappa shape index (κ2) is 7.59. The summed E-state index contributed by atoms with van der Waals surface area (Å²) in [4.78, 5) is 29.4. The molecule has 24 heavy (non-hydrogen) atoms. The quantitative estimate of drug-likeness (QED) is 0.929. The fourth-order valence-electron chi connectivity index (χ4n) is 2.85. The summed E-state index contributed by atoms with van der Waals surface area (Å²) < 4.78 is 0. The minimum absolute atomic E-state index is 0.0259. The number of carbonyl (C=O) groups excluding carboxylic acids is 2. The van der Waals surface area contributed by atoms with E-state index < -0.39 is 0 Å². The van der Waals surface area contributed by atoms with Crippen LogP contribution >= 0.6 is 11.3 Å². The van der Waals surface area contributed by atoms with E-state index in [0.717, 1.165) is 32.7 Å². The highest BCUT2D eigenvalue weighted by Crippen LogP contribution is 2.16. The summed E-state index contributed by atoms with van der Waals surface area (Å²) >= 11 is 1.77. The van der Waals surface area contributed by atoms with E-state index in [2.05, 4.69) is 27.7 Å². The zero-order valence-corrected chi connectivity index (χ0v) is 14.5. The van der Waals surface area contributed by atoms with Crippen molar-refractivity contribution in [1.29, 1.82) is 0 Å². The van der Waals surface area contributed by atoms with Gasteiger partial charge >= 0.3 is 0 Å². The lowest BCUT2D eigenvalue weighted by Gasteiger charge is -2.34. The second-order valence-corrected chi connectivity index (χ2v) is 6.94. The molecular formula is C18H21N3O2S. The SMILES string of the molecule is CC(=O)Nc1cccc(C(=O)N2CCN(Cc3cccs3)CC2)c1. The average Bonchev–Trinajstić information content (AvgIpc) is 3.07. The van der Waals surface area contributed by atoms with Crippen LogP contribution in [0.1, 0.15) is 22.2 Å². The molecule has 0 saturated carbocycles. The van der Waals surface area contributed by atoms with Gasteiger partial charge in [-0.1, -0.05) is 12.1 Å². The fraction of sp³-hybridized carbons (Fsp3) is 0.333. The van der Waals surface area contributed by atoms with Crippen LogP contribution in [-0.4, -0.2) is 47.8 Å². The topological polar surface area (TPSA) is 52.7 Å². The third-order valence-corrected chi connectivity index (χ3v) is 4.91. The zero-order valence-electron chi connectivity index (χ0n) is 13.7. The van der Waals surface area contributed by atoms with E-state index in [0.29, 0.717) is 11.3 Å². The van der Waals surface area contributed by atoms with Crippen LogP contribution in [0.2, 0.25) is 0 Å². The van der Waals surface area contributed by atoms with E-state index in [1.807, 2.05) is 4.90 Å². The number of anilines is 1. The standard InChI is InChI=1S/C18H21N3O2S/c1-14(22)19-16-5-2-4-15(12-16)18(23)21-9-7-20(8-10-21)13-17-6-3-11-24-17/h2-6,11-12H,7-10,13H2,1H3,(H,19,22). The summed E-state index contributed by atoms with van der Waals surface area (Å²) in [6.45, 7) is 5.65. The number of rotatable bonds is 4. The van der Waals surface area contributed by atoms with Crippen molar-refractivity contribution in [2.24, 2.45) is 0 Å². The van der Waals surface area contributed by atoms with Crippen molar-refractivity contribution in [3.05, 3.63) is 52.2 Å². The Bertz CT molecular complexity index is 707. The predicted molar refractivity (Wildman–Crippen MR) is 96.2 cm³/mol. The van der Waals surface area contributed by atoms with Crippen molar-refractivity contribution in [3.63, 3.8) is 0 Å². The number of hydrogen-bond donors (Lipinski definition) is 1. The monoisotopic (exact) mass is 343 g/mol. The molecule has 3 rings (SSSR count). The van der Waals surface area contributed by atoms with Gasteiger partial charge in [-0.15, -0.1) is 11.3 Å². The maximum Gasteiger partial charge on any atom is 0.254 e. The van der Waals surface area contributed by atoms with Crippen molar-refractivity contribution in [2.45, 2.75) is 13.5 Å². The Morgan fingerprint density at radius 2 is 1.92 bits per heavy atom. The molecule has 0 bridgehead atoms. The maximum absolute atomic E-state index is 12.7. The van der Waals surface area contributed by atoms with Gasteiger partial charge in [0.25, 0.3) is 5.91 Å². The van der Waals surface area contributed by atoms with Crippen LogP contribution in [0.5, 0.6) is 0 Å². The highest BCUT2D eigenvalue weighted by atomic mass is 32.1. The molecule has 1 aromatic heterocycles. The highest BCUT2D eigenvalue weighted by Gasteiger charge is 2.22. The van der Waals surface area contributed by atoms with Crippen molar-refractivity contribution in [1.82, 2.24) is 9.80 Å². The van der Waals surface area contributed by atoms with Crippen LogP contribution in [0.15, 0.2) is 41.8 Å². The number of thiophene rings is 1. The molecule has 2 amide bonds. The molecule has 0 atom stereocenters. The van der Waals surface area contributed by atoms with Gasteiger partial charge in [-0.3, -0.25) is 14.5 Å². The Hall–Kier alpha value is -2.18. The summed E-state index contributed by atoms with van der Waals surface area (Å²) in [5.41, 5.74) is 1.28. The summed E-state index contributed by atoms with van der Waals surface area (Å²) in [5.74, 6) is -0.111. The molecule has 2 heterocycles. The molecule has 0 aliphatic carbocycles. The molecule has 0 radical (unpaired) electrons. The molecule has 0 spiro atoms. The average molecular weight is 343 g/mol. The lowest BCUT2D eigenvalue weighted by molar-refractivity contribution is -0.114. The van der Waals surface area contributed by atoms with E-state index in [1.54, 1.807) is 35.6 Å². The molecular weight excluding hydrogens is 322 g/mol. The van der Waals surface area contributed by atoms with Crippen LogP contribution < -0.4 is 5.32 Å². The van der Waals surface area contributed by atoms with Crippen molar-refractivity contribution in [3.8, 4) is 0 Å². The number of nitrogens with one attached hydrogen (secondary N) is 1. The molecule has 1 N–H and O–H groups in total. The molecule has 0 unspecified atom stereocenters. The van der Waals surface area contributed by atoms with Crippen molar-refractivity contribution < 1.29 is 9.59 Å². The lowest BCUT2D eigenvalue weighted by Crippen LogP contribution is -2.48. The third-order valence-electron chi connectivity index (χ3n) is 4.05. The normalized spacial score (nSPS) is 15.3. The molecule has 1 saturated heterocycles. The first-order valence-electron chi connectivity index (χ1n) is 8.03. The lowest BCUT2D eigenvalue weighted by atomic mass is 10.1. The molecule has 1 fully saturated rings. The second-order valence-electron chi connectivity index (χ2n) is 5.91. The minimum Gasteiger partial charge on any atom is -0.336 e. The van der Waals surface area contributed by atoms with Gasteiger partial charge in [0, 0.05) is 55.8 Å². The van der Waals surface area contributed by atoms with Crippen LogP contribution in [0.3, 0.4) is 0 Å². The van der Waals surface area contributed by atoms with Crippen LogP contribution in [0.25, 0.3) is 0 Å². The van der Waals surface area contributed by atoms with Crippen molar-refractivity contribution >= 4 is 28.8 Å². The highest BCUT2D eigenvalue weighted by molar-refractivity contribution is 7.09. The van der Waals surface area contributed by atoms with E-state index in [9.17, 15) is 9.59 Å². The molecule has 6 heteroatoms. The van der Waals surface area contributed by atoms with Crippen LogP contribution in [-0.2, 0) is 11.3 Å². The van der Waals surface area contributed by atoms with E-state index >= 15 is 0 Å². The number of carbonyl (C=O) groups is 2. The van der Waals surface area contributed by atoms with Gasteiger partial charge in [0.2, 0.25) is 5.91 Å². The number of hydrogen-bond acceptors (Lipinski definition) is 4. The van der Waals surface area contributed by atoms with Gasteiger partial charge in [-0.2, -0.15) is 0 Å². The van der Waals surface area contributed by atoms with E-state index in [1.165, 1.54) is 11.8 Å². The van der Waals surface area contributed by atoms with Gasteiger partial charge in [-0.25, -0.2) is 0 Å². The van der Waals surface area contributed by atoms with Crippen LogP contribution in [0.4, 0.5) is 5.69 Å². The molecule has 1 aliphatic rings. The summed E-state index contributed by atoms with van der Waals surface area (Å²) in [7, 11) is 0. The van der Waals surface area contributed by atoms with Gasteiger partial charge in [-0.05, 0) is 29.6 Å². The predicted octanol–water partition coefficient (Wildman–Crippen LogP) is 2.66. The zero-order chi connectivity index (χ0) is 16.9.